The van der Waals surface area contributed by atoms with Crippen molar-refractivity contribution < 1.29 is 0 Å². The Morgan fingerprint density at radius 2 is 2.06 bits per heavy atom. The van der Waals surface area contributed by atoms with E-state index in [0.717, 1.165) is 11.2 Å². The van der Waals surface area contributed by atoms with E-state index < -0.39 is 0 Å². The quantitative estimate of drug-likeness (QED) is 0.839. The van der Waals surface area contributed by atoms with Crippen LogP contribution in [0.2, 0.25) is 0 Å². The zero-order chi connectivity index (χ0) is 12.4. The van der Waals surface area contributed by atoms with Crippen LogP contribution in [0.3, 0.4) is 0 Å². The van der Waals surface area contributed by atoms with Gasteiger partial charge in [0.1, 0.15) is 0 Å². The highest BCUT2D eigenvalue weighted by Crippen LogP contribution is 2.36. The first-order valence-corrected chi connectivity index (χ1v) is 9.64. The summed E-state index contributed by atoms with van der Waals surface area (Å²) in [7, 11) is 0. The molecule has 1 aliphatic heterocycles. The molecule has 4 atom stereocenters. The van der Waals surface area contributed by atoms with Gasteiger partial charge in [0.15, 0.2) is 5.17 Å². The van der Waals surface area contributed by atoms with Crippen LogP contribution in [-0.2, 0) is 0 Å². The van der Waals surface area contributed by atoms with Crippen LogP contribution in [0.15, 0.2) is 4.99 Å². The van der Waals surface area contributed by atoms with E-state index in [-0.39, 0.29) is 0 Å². The molecule has 0 radical (unpaired) electrons. The van der Waals surface area contributed by atoms with Crippen molar-refractivity contribution in [2.24, 2.45) is 10.9 Å². The van der Waals surface area contributed by atoms with Crippen molar-refractivity contribution >= 4 is 28.7 Å². The third-order valence-electron chi connectivity index (χ3n) is 4.65. The number of nitrogens with one attached hydrogen (secondary N) is 1. The SMILES string of the molecule is CSC1CCCCC1NC1=NC2CCCC2CS1. The lowest BCUT2D eigenvalue weighted by molar-refractivity contribution is 0.424. The summed E-state index contributed by atoms with van der Waals surface area (Å²) in [5, 5.41) is 5.81. The van der Waals surface area contributed by atoms with Crippen molar-refractivity contribution in [1.29, 1.82) is 0 Å². The summed E-state index contributed by atoms with van der Waals surface area (Å²) < 4.78 is 0. The maximum Gasteiger partial charge on any atom is 0.157 e. The topological polar surface area (TPSA) is 24.4 Å². The van der Waals surface area contributed by atoms with Gasteiger partial charge in [0.25, 0.3) is 0 Å². The van der Waals surface area contributed by atoms with Crippen LogP contribution >= 0.6 is 23.5 Å². The summed E-state index contributed by atoms with van der Waals surface area (Å²) in [4.78, 5) is 4.97. The standard InChI is InChI=1S/C14H24N2S2/c1-17-13-8-3-2-6-12(13)16-14-15-11-7-4-5-10(11)9-18-14/h10-13H,2-9H2,1H3,(H,15,16). The average Bonchev–Trinajstić information content (AvgIpc) is 2.87. The van der Waals surface area contributed by atoms with Gasteiger partial charge in [-0.05, 0) is 37.9 Å². The molecule has 0 aromatic heterocycles. The highest BCUT2D eigenvalue weighted by atomic mass is 32.2. The molecule has 2 nitrogen and oxygen atoms in total. The molecule has 102 valence electrons. The summed E-state index contributed by atoms with van der Waals surface area (Å²) in [6.07, 6.45) is 11.9. The molecule has 0 aromatic rings. The minimum absolute atomic E-state index is 0.644. The van der Waals surface area contributed by atoms with Gasteiger partial charge in [-0.15, -0.1) is 0 Å². The summed E-state index contributed by atoms with van der Waals surface area (Å²) in [6.45, 7) is 0. The molecule has 18 heavy (non-hydrogen) atoms. The second-order valence-corrected chi connectivity index (χ2v) is 7.90. The number of aliphatic imine (C=N–C) groups is 1. The molecule has 2 fully saturated rings. The van der Waals surface area contributed by atoms with Gasteiger partial charge in [-0.25, -0.2) is 0 Å². The molecule has 3 rings (SSSR count). The van der Waals surface area contributed by atoms with Gasteiger partial charge >= 0.3 is 0 Å². The lowest BCUT2D eigenvalue weighted by Gasteiger charge is -2.33. The number of fused-ring (bicyclic) bond motifs is 1. The summed E-state index contributed by atoms with van der Waals surface area (Å²) in [5.41, 5.74) is 0. The number of hydrogen-bond donors (Lipinski definition) is 1. The van der Waals surface area contributed by atoms with E-state index in [1.807, 2.05) is 23.5 Å². The average molecular weight is 284 g/mol. The fourth-order valence-electron chi connectivity index (χ4n) is 3.54. The Morgan fingerprint density at radius 1 is 1.17 bits per heavy atom. The Morgan fingerprint density at radius 3 is 2.94 bits per heavy atom. The van der Waals surface area contributed by atoms with Crippen molar-refractivity contribution in [2.45, 2.75) is 62.3 Å². The van der Waals surface area contributed by atoms with E-state index in [4.69, 9.17) is 4.99 Å². The Kier molecular flexibility index (Phi) is 4.45. The highest BCUT2D eigenvalue weighted by Gasteiger charge is 2.32. The first kappa shape index (κ1) is 13.2. The molecule has 4 unspecified atom stereocenters. The van der Waals surface area contributed by atoms with E-state index in [0.29, 0.717) is 12.1 Å². The van der Waals surface area contributed by atoms with Crippen molar-refractivity contribution in [3.8, 4) is 0 Å². The molecule has 2 saturated carbocycles. The van der Waals surface area contributed by atoms with Gasteiger partial charge < -0.3 is 5.32 Å². The number of amidine groups is 1. The van der Waals surface area contributed by atoms with Crippen LogP contribution in [0.1, 0.15) is 44.9 Å². The van der Waals surface area contributed by atoms with Gasteiger partial charge in [0, 0.05) is 17.0 Å². The second kappa shape index (κ2) is 6.08. The normalized spacial score (nSPS) is 40.2. The zero-order valence-corrected chi connectivity index (χ0v) is 12.9. The maximum atomic E-state index is 4.97. The van der Waals surface area contributed by atoms with Crippen LogP contribution < -0.4 is 5.32 Å². The van der Waals surface area contributed by atoms with Crippen LogP contribution in [-0.4, -0.2) is 34.5 Å². The molecular weight excluding hydrogens is 260 g/mol. The van der Waals surface area contributed by atoms with Gasteiger partial charge in [-0.3, -0.25) is 4.99 Å². The molecule has 3 aliphatic rings. The zero-order valence-electron chi connectivity index (χ0n) is 11.2. The number of hydrogen-bond acceptors (Lipinski definition) is 4. The fourth-order valence-corrected chi connectivity index (χ4v) is 5.68. The lowest BCUT2D eigenvalue weighted by atomic mass is 9.95. The predicted octanol–water partition coefficient (Wildman–Crippen LogP) is 3.52. The Labute approximate surface area is 119 Å². The summed E-state index contributed by atoms with van der Waals surface area (Å²) in [5.74, 6) is 2.18. The predicted molar refractivity (Wildman–Crippen MR) is 83.7 cm³/mol. The molecule has 0 bridgehead atoms. The lowest BCUT2D eigenvalue weighted by Crippen LogP contribution is -2.44. The monoisotopic (exact) mass is 284 g/mol. The third-order valence-corrected chi connectivity index (χ3v) is 6.91. The van der Waals surface area contributed by atoms with Crippen LogP contribution in [0.4, 0.5) is 0 Å². The molecule has 0 aromatic carbocycles. The smallest absolute Gasteiger partial charge is 0.157 e. The van der Waals surface area contributed by atoms with Crippen molar-refractivity contribution in [1.82, 2.24) is 5.32 Å². The second-order valence-electron chi connectivity index (χ2n) is 5.81. The van der Waals surface area contributed by atoms with Crippen molar-refractivity contribution in [2.75, 3.05) is 12.0 Å². The first-order chi connectivity index (χ1) is 8.86. The Balaban J connectivity index is 1.61. The van der Waals surface area contributed by atoms with Gasteiger partial charge in [-0.2, -0.15) is 11.8 Å². The molecule has 0 amide bonds. The maximum absolute atomic E-state index is 4.97. The molecule has 0 spiro atoms. The molecule has 1 heterocycles. The molecular formula is C14H24N2S2. The number of nitrogens with zero attached hydrogens (tertiary/aromatic N) is 1. The van der Waals surface area contributed by atoms with Gasteiger partial charge in [0.2, 0.25) is 0 Å². The summed E-state index contributed by atoms with van der Waals surface area (Å²) in [6, 6.07) is 1.31. The highest BCUT2D eigenvalue weighted by molar-refractivity contribution is 8.13. The van der Waals surface area contributed by atoms with Crippen LogP contribution in [0.5, 0.6) is 0 Å². The minimum Gasteiger partial charge on any atom is -0.361 e. The fraction of sp³-hybridized carbons (Fsp3) is 0.929. The van der Waals surface area contributed by atoms with Crippen molar-refractivity contribution in [3.05, 3.63) is 0 Å². The van der Waals surface area contributed by atoms with Crippen LogP contribution in [0, 0.1) is 5.92 Å². The van der Waals surface area contributed by atoms with E-state index in [1.165, 1.54) is 55.9 Å². The largest absolute Gasteiger partial charge is 0.361 e. The van der Waals surface area contributed by atoms with Crippen LogP contribution in [0.25, 0.3) is 0 Å². The summed E-state index contributed by atoms with van der Waals surface area (Å²) >= 11 is 4.01. The number of rotatable bonds is 2. The van der Waals surface area contributed by atoms with E-state index in [9.17, 15) is 0 Å². The third kappa shape index (κ3) is 2.84. The Bertz CT molecular complexity index is 319. The number of thioether (sulfide) groups is 2. The van der Waals surface area contributed by atoms with Gasteiger partial charge in [0.05, 0.1) is 6.04 Å². The van der Waals surface area contributed by atoms with Gasteiger partial charge in [-0.1, -0.05) is 31.0 Å². The molecule has 1 N–H and O–H groups in total. The molecule has 4 heteroatoms. The minimum atomic E-state index is 0.644. The van der Waals surface area contributed by atoms with Crippen molar-refractivity contribution in [3.63, 3.8) is 0 Å². The van der Waals surface area contributed by atoms with E-state index in [1.54, 1.807) is 0 Å². The first-order valence-electron chi connectivity index (χ1n) is 7.37. The molecule has 2 aliphatic carbocycles. The molecule has 0 saturated heterocycles. The van der Waals surface area contributed by atoms with E-state index >= 15 is 0 Å². The Hall–Kier alpha value is 0.170. The van der Waals surface area contributed by atoms with E-state index in [2.05, 4.69) is 11.6 Å².